The van der Waals surface area contributed by atoms with Crippen LogP contribution in [0.15, 0.2) is 36.7 Å². The number of nitrogens with one attached hydrogen (secondary N) is 1. The number of piperidine rings is 1. The van der Waals surface area contributed by atoms with Crippen LogP contribution >= 0.6 is 0 Å². The Morgan fingerprint density at radius 3 is 2.63 bits per heavy atom. The summed E-state index contributed by atoms with van der Waals surface area (Å²) < 4.78 is 19.8. The first-order chi connectivity index (χ1) is 16.7. The molecule has 2 atom stereocenters. The van der Waals surface area contributed by atoms with Crippen LogP contribution in [0.1, 0.15) is 38.7 Å². The van der Waals surface area contributed by atoms with Crippen molar-refractivity contribution < 1.29 is 14.2 Å². The Balaban J connectivity index is 1.41. The highest BCUT2D eigenvalue weighted by Gasteiger charge is 2.38. The number of aliphatic hydroxyl groups is 1. The molecule has 35 heavy (non-hydrogen) atoms. The Labute approximate surface area is 205 Å². The molecule has 186 valence electrons. The summed E-state index contributed by atoms with van der Waals surface area (Å²) in [7, 11) is 1.75. The minimum atomic E-state index is -1.35. The van der Waals surface area contributed by atoms with E-state index in [0.717, 1.165) is 23.9 Å². The fourth-order valence-electron chi connectivity index (χ4n) is 4.76. The van der Waals surface area contributed by atoms with E-state index >= 15 is 0 Å². The monoisotopic (exact) mass is 480 g/mol. The molecule has 0 radical (unpaired) electrons. The number of nitrogens with zero attached hydrogens (tertiary/aromatic N) is 5. The average molecular weight is 481 g/mol. The van der Waals surface area contributed by atoms with Gasteiger partial charge in [-0.05, 0) is 48.4 Å². The molecule has 8 nitrogen and oxygen atoms in total. The van der Waals surface area contributed by atoms with Crippen LogP contribution in [0.2, 0.25) is 0 Å². The first kappa shape index (κ1) is 23.7. The number of alkyl halides is 1. The SMILES string of the molecule is COC1CN(c2ccc(C(C)C)c3cc(Nc4ccnc(N5CC[C@@](C)(O)[C@@H](F)C5)n4)ncc23)C1. The van der Waals surface area contributed by atoms with Crippen molar-refractivity contribution in [3.05, 3.63) is 42.2 Å². The molecule has 3 aromatic rings. The van der Waals surface area contributed by atoms with Gasteiger partial charge in [-0.3, -0.25) is 0 Å². The first-order valence-electron chi connectivity index (χ1n) is 12.2. The summed E-state index contributed by atoms with van der Waals surface area (Å²) in [5, 5.41) is 15.7. The predicted molar refractivity (Wildman–Crippen MR) is 137 cm³/mol. The van der Waals surface area contributed by atoms with Crippen molar-refractivity contribution in [2.45, 2.75) is 51.0 Å². The number of rotatable bonds is 6. The number of pyridine rings is 1. The molecule has 9 heteroatoms. The highest BCUT2D eigenvalue weighted by molar-refractivity contribution is 5.98. The van der Waals surface area contributed by atoms with E-state index in [4.69, 9.17) is 4.74 Å². The molecule has 0 unspecified atom stereocenters. The Hall–Kier alpha value is -3.04. The Morgan fingerprint density at radius 1 is 1.11 bits per heavy atom. The fourth-order valence-corrected chi connectivity index (χ4v) is 4.76. The Bertz CT molecular complexity index is 1210. The summed E-state index contributed by atoms with van der Waals surface area (Å²) in [5.41, 5.74) is 1.12. The minimum Gasteiger partial charge on any atom is -0.387 e. The van der Waals surface area contributed by atoms with Gasteiger partial charge in [0.25, 0.3) is 0 Å². The molecule has 5 rings (SSSR count). The van der Waals surface area contributed by atoms with Gasteiger partial charge in [0.15, 0.2) is 0 Å². The second-order valence-corrected chi connectivity index (χ2v) is 10.1. The standard InChI is InChI=1S/C26H33FN6O2/c1-16(2)18-5-6-21(33-13-17(14-33)35-4)20-12-29-24(11-19(18)20)30-23-7-9-28-25(31-23)32-10-8-26(3,34)22(27)15-32/h5-7,9,11-12,16-17,22,34H,8,10,13-15H2,1-4H3,(H,28,29,30,31)/t22-,26+/m0/s1. The van der Waals surface area contributed by atoms with E-state index in [1.165, 1.54) is 18.2 Å². The number of ether oxygens (including phenoxy) is 1. The largest absolute Gasteiger partial charge is 0.387 e. The zero-order valence-electron chi connectivity index (χ0n) is 20.7. The minimum absolute atomic E-state index is 0.0611. The lowest BCUT2D eigenvalue weighted by atomic mass is 9.92. The third-order valence-corrected chi connectivity index (χ3v) is 7.18. The zero-order valence-corrected chi connectivity index (χ0v) is 20.7. The maximum atomic E-state index is 14.4. The molecule has 2 saturated heterocycles. The van der Waals surface area contributed by atoms with E-state index in [2.05, 4.69) is 57.2 Å². The molecule has 0 spiro atoms. The first-order valence-corrected chi connectivity index (χ1v) is 12.2. The summed E-state index contributed by atoms with van der Waals surface area (Å²) in [6, 6.07) is 8.23. The second-order valence-electron chi connectivity index (χ2n) is 10.1. The number of hydrogen-bond donors (Lipinski definition) is 2. The molecule has 0 aliphatic carbocycles. The molecule has 0 saturated carbocycles. The van der Waals surface area contributed by atoms with Crippen LogP contribution in [0.25, 0.3) is 10.8 Å². The number of hydrogen-bond acceptors (Lipinski definition) is 8. The van der Waals surface area contributed by atoms with Crippen molar-refractivity contribution in [1.29, 1.82) is 0 Å². The van der Waals surface area contributed by atoms with Crippen LogP contribution in [0, 0.1) is 0 Å². The van der Waals surface area contributed by atoms with Crippen molar-refractivity contribution in [2.75, 3.05) is 48.4 Å². The molecule has 2 aliphatic rings. The van der Waals surface area contributed by atoms with Gasteiger partial charge < -0.3 is 25.0 Å². The summed E-state index contributed by atoms with van der Waals surface area (Å²) >= 11 is 0. The molecule has 0 amide bonds. The number of aromatic nitrogens is 3. The number of halogens is 1. The molecular weight excluding hydrogens is 447 g/mol. The van der Waals surface area contributed by atoms with E-state index < -0.39 is 11.8 Å². The topological polar surface area (TPSA) is 86.6 Å². The van der Waals surface area contributed by atoms with Crippen molar-refractivity contribution in [1.82, 2.24) is 15.0 Å². The van der Waals surface area contributed by atoms with Gasteiger partial charge in [-0.15, -0.1) is 0 Å². The van der Waals surface area contributed by atoms with Crippen LogP contribution in [-0.4, -0.2) is 71.2 Å². The van der Waals surface area contributed by atoms with E-state index in [1.54, 1.807) is 24.3 Å². The van der Waals surface area contributed by atoms with Gasteiger partial charge >= 0.3 is 0 Å². The smallest absolute Gasteiger partial charge is 0.227 e. The highest BCUT2D eigenvalue weighted by Crippen LogP contribution is 2.36. The van der Waals surface area contributed by atoms with Crippen molar-refractivity contribution in [3.8, 4) is 0 Å². The van der Waals surface area contributed by atoms with Crippen LogP contribution in [0.4, 0.5) is 27.7 Å². The molecule has 2 N–H and O–H groups in total. The Kier molecular flexibility index (Phi) is 6.23. The lowest BCUT2D eigenvalue weighted by Gasteiger charge is -2.40. The maximum Gasteiger partial charge on any atom is 0.227 e. The average Bonchev–Trinajstić information content (AvgIpc) is 2.80. The van der Waals surface area contributed by atoms with E-state index in [1.807, 2.05) is 6.20 Å². The quantitative estimate of drug-likeness (QED) is 0.547. The van der Waals surface area contributed by atoms with Crippen molar-refractivity contribution in [3.63, 3.8) is 0 Å². The summed E-state index contributed by atoms with van der Waals surface area (Å²) in [6.07, 6.45) is 2.81. The third-order valence-electron chi connectivity index (χ3n) is 7.18. The lowest BCUT2D eigenvalue weighted by Crippen LogP contribution is -2.52. The number of anilines is 4. The normalized spacial score (nSPS) is 23.1. The molecule has 2 aliphatic heterocycles. The van der Waals surface area contributed by atoms with Gasteiger partial charge in [0.05, 0.1) is 18.2 Å². The molecule has 2 aromatic heterocycles. The summed E-state index contributed by atoms with van der Waals surface area (Å²) in [6.45, 7) is 8.23. The van der Waals surface area contributed by atoms with Crippen LogP contribution in [0.3, 0.4) is 0 Å². The molecule has 0 bridgehead atoms. The number of benzene rings is 1. The van der Waals surface area contributed by atoms with E-state index in [0.29, 0.717) is 36.5 Å². The van der Waals surface area contributed by atoms with E-state index in [9.17, 15) is 9.50 Å². The fraction of sp³-hybridized carbons (Fsp3) is 0.500. The van der Waals surface area contributed by atoms with Gasteiger partial charge in [-0.2, -0.15) is 4.98 Å². The third kappa shape index (κ3) is 4.62. The lowest BCUT2D eigenvalue weighted by molar-refractivity contribution is -0.0332. The van der Waals surface area contributed by atoms with Crippen molar-refractivity contribution in [2.24, 2.45) is 0 Å². The molecular formula is C26H33FN6O2. The Morgan fingerprint density at radius 2 is 1.91 bits per heavy atom. The van der Waals surface area contributed by atoms with Crippen LogP contribution in [0.5, 0.6) is 0 Å². The highest BCUT2D eigenvalue weighted by atomic mass is 19.1. The summed E-state index contributed by atoms with van der Waals surface area (Å²) in [4.78, 5) is 17.7. The molecule has 1 aromatic carbocycles. The van der Waals surface area contributed by atoms with Gasteiger partial charge in [-0.25, -0.2) is 14.4 Å². The van der Waals surface area contributed by atoms with Gasteiger partial charge in [0, 0.05) is 50.2 Å². The molecule has 2 fully saturated rings. The van der Waals surface area contributed by atoms with Crippen molar-refractivity contribution >= 4 is 34.0 Å². The maximum absolute atomic E-state index is 14.4. The van der Waals surface area contributed by atoms with Crippen LogP contribution in [-0.2, 0) is 4.74 Å². The zero-order chi connectivity index (χ0) is 24.7. The molecule has 4 heterocycles. The van der Waals surface area contributed by atoms with E-state index in [-0.39, 0.29) is 12.6 Å². The van der Waals surface area contributed by atoms with Gasteiger partial charge in [0.1, 0.15) is 17.8 Å². The van der Waals surface area contributed by atoms with Gasteiger partial charge in [-0.1, -0.05) is 19.9 Å². The number of methoxy groups -OCH3 is 1. The predicted octanol–water partition coefficient (Wildman–Crippen LogP) is 4.03. The second kappa shape index (κ2) is 9.20. The number of fused-ring (bicyclic) bond motifs is 1. The summed E-state index contributed by atoms with van der Waals surface area (Å²) in [5.74, 6) is 2.07. The van der Waals surface area contributed by atoms with Gasteiger partial charge in [0.2, 0.25) is 5.95 Å². The van der Waals surface area contributed by atoms with Crippen LogP contribution < -0.4 is 15.1 Å².